The van der Waals surface area contributed by atoms with E-state index in [0.717, 1.165) is 31.9 Å². The van der Waals surface area contributed by atoms with Gasteiger partial charge in [-0.25, -0.2) is 0 Å². The summed E-state index contributed by atoms with van der Waals surface area (Å²) in [5, 5.41) is 0. The molecule has 0 unspecified atom stereocenters. The van der Waals surface area contributed by atoms with Crippen LogP contribution in [0.1, 0.15) is 24.8 Å². The first kappa shape index (κ1) is 14.9. The van der Waals surface area contributed by atoms with E-state index in [2.05, 4.69) is 28.4 Å². The molecular weight excluding hydrogens is 248 g/mol. The van der Waals surface area contributed by atoms with Gasteiger partial charge in [0.25, 0.3) is 10.1 Å². The Morgan fingerprint density at radius 2 is 1.83 bits per heavy atom. The second kappa shape index (κ2) is 8.06. The van der Waals surface area contributed by atoms with Gasteiger partial charge in [-0.2, -0.15) is 8.42 Å². The molecular formula is C14H20O3S. The van der Waals surface area contributed by atoms with Crippen molar-refractivity contribution in [3.05, 3.63) is 48.0 Å². The van der Waals surface area contributed by atoms with Crippen LogP contribution >= 0.6 is 0 Å². The standard InChI is InChI=1S/C14H20O3S/c1-18(15,16)17-13-9-4-2-3-6-10-14-11-7-5-8-12-14/h4-5,7-9,11-12H,2-3,6,10,13H2,1H3. The van der Waals surface area contributed by atoms with Gasteiger partial charge >= 0.3 is 0 Å². The largest absolute Gasteiger partial charge is 0.266 e. The molecule has 0 N–H and O–H groups in total. The van der Waals surface area contributed by atoms with Crippen molar-refractivity contribution < 1.29 is 12.6 Å². The number of unbranched alkanes of at least 4 members (excludes halogenated alkanes) is 2. The van der Waals surface area contributed by atoms with Crippen LogP contribution in [0.25, 0.3) is 0 Å². The highest BCUT2D eigenvalue weighted by atomic mass is 32.2. The predicted octanol–water partition coefficient (Wildman–Crippen LogP) is 2.93. The van der Waals surface area contributed by atoms with Crippen LogP contribution in [0.5, 0.6) is 0 Å². The molecule has 0 aromatic heterocycles. The zero-order valence-corrected chi connectivity index (χ0v) is 11.5. The third kappa shape index (κ3) is 8.03. The molecule has 4 heteroatoms. The van der Waals surface area contributed by atoms with Crippen molar-refractivity contribution in [2.45, 2.75) is 25.7 Å². The number of rotatable bonds is 8. The summed E-state index contributed by atoms with van der Waals surface area (Å²) in [6, 6.07) is 10.4. The van der Waals surface area contributed by atoms with Crippen molar-refractivity contribution in [3.63, 3.8) is 0 Å². The van der Waals surface area contributed by atoms with Gasteiger partial charge in [0.2, 0.25) is 0 Å². The minimum Gasteiger partial charge on any atom is -0.266 e. The van der Waals surface area contributed by atoms with E-state index in [0.29, 0.717) is 0 Å². The molecule has 100 valence electrons. The SMILES string of the molecule is CS(=O)(=O)OCC=CCCCCc1ccccc1. The van der Waals surface area contributed by atoms with Gasteiger partial charge in [0.15, 0.2) is 0 Å². The lowest BCUT2D eigenvalue weighted by Crippen LogP contribution is -2.01. The summed E-state index contributed by atoms with van der Waals surface area (Å²) in [6.45, 7) is 0.136. The molecule has 0 amide bonds. The number of aryl methyl sites for hydroxylation is 1. The summed E-state index contributed by atoms with van der Waals surface area (Å²) in [5.41, 5.74) is 1.36. The summed E-state index contributed by atoms with van der Waals surface area (Å²) in [6.07, 6.45) is 9.07. The van der Waals surface area contributed by atoms with Crippen molar-refractivity contribution >= 4 is 10.1 Å². The van der Waals surface area contributed by atoms with Crippen LogP contribution in [0.4, 0.5) is 0 Å². The van der Waals surface area contributed by atoms with Gasteiger partial charge in [-0.05, 0) is 31.2 Å². The van der Waals surface area contributed by atoms with Crippen molar-refractivity contribution in [2.24, 2.45) is 0 Å². The highest BCUT2D eigenvalue weighted by Crippen LogP contribution is 2.06. The minimum atomic E-state index is -3.31. The maximum atomic E-state index is 10.7. The van der Waals surface area contributed by atoms with Crippen LogP contribution in [0.3, 0.4) is 0 Å². The lowest BCUT2D eigenvalue weighted by molar-refractivity contribution is 0.361. The maximum Gasteiger partial charge on any atom is 0.264 e. The minimum absolute atomic E-state index is 0.136. The van der Waals surface area contributed by atoms with Crippen molar-refractivity contribution in [1.29, 1.82) is 0 Å². The molecule has 0 aliphatic rings. The monoisotopic (exact) mass is 268 g/mol. The first-order chi connectivity index (χ1) is 8.58. The molecule has 1 aromatic carbocycles. The molecule has 0 aliphatic carbocycles. The lowest BCUT2D eigenvalue weighted by Gasteiger charge is -1.99. The molecule has 18 heavy (non-hydrogen) atoms. The van der Waals surface area contributed by atoms with Crippen molar-refractivity contribution in [2.75, 3.05) is 12.9 Å². The molecule has 0 saturated carbocycles. The summed E-state index contributed by atoms with van der Waals surface area (Å²) < 4.78 is 25.9. The summed E-state index contributed by atoms with van der Waals surface area (Å²) in [7, 11) is -3.31. The van der Waals surface area contributed by atoms with E-state index in [1.807, 2.05) is 12.1 Å². The Morgan fingerprint density at radius 1 is 1.11 bits per heavy atom. The molecule has 0 spiro atoms. The Hall–Kier alpha value is -1.13. The van der Waals surface area contributed by atoms with E-state index in [4.69, 9.17) is 0 Å². The van der Waals surface area contributed by atoms with Crippen LogP contribution in [-0.4, -0.2) is 21.3 Å². The molecule has 0 aliphatic heterocycles. The van der Waals surface area contributed by atoms with Gasteiger partial charge in [-0.3, -0.25) is 4.18 Å². The van der Waals surface area contributed by atoms with Gasteiger partial charge in [0, 0.05) is 0 Å². The number of hydrogen-bond acceptors (Lipinski definition) is 3. The van der Waals surface area contributed by atoms with Crippen LogP contribution in [0, 0.1) is 0 Å². The molecule has 0 bridgehead atoms. The Kier molecular flexibility index (Phi) is 6.68. The zero-order valence-electron chi connectivity index (χ0n) is 10.7. The third-order valence-electron chi connectivity index (χ3n) is 2.47. The molecule has 0 fully saturated rings. The topological polar surface area (TPSA) is 43.4 Å². The van der Waals surface area contributed by atoms with Crippen LogP contribution in [-0.2, 0) is 20.7 Å². The van der Waals surface area contributed by atoms with E-state index < -0.39 is 10.1 Å². The van der Waals surface area contributed by atoms with E-state index >= 15 is 0 Å². The Labute approximate surface area is 110 Å². The smallest absolute Gasteiger partial charge is 0.264 e. The van der Waals surface area contributed by atoms with E-state index in [-0.39, 0.29) is 6.61 Å². The van der Waals surface area contributed by atoms with Gasteiger partial charge < -0.3 is 0 Å². The first-order valence-electron chi connectivity index (χ1n) is 6.11. The fourth-order valence-electron chi connectivity index (χ4n) is 1.58. The van der Waals surface area contributed by atoms with Crippen molar-refractivity contribution in [3.8, 4) is 0 Å². The number of hydrogen-bond donors (Lipinski definition) is 0. The highest BCUT2D eigenvalue weighted by molar-refractivity contribution is 7.85. The highest BCUT2D eigenvalue weighted by Gasteiger charge is 1.97. The molecule has 1 aromatic rings. The second-order valence-corrected chi connectivity index (χ2v) is 5.84. The molecule has 1 rings (SSSR count). The summed E-state index contributed by atoms with van der Waals surface area (Å²) in [5.74, 6) is 0. The fraction of sp³-hybridized carbons (Fsp3) is 0.429. The molecule has 0 radical (unpaired) electrons. The van der Waals surface area contributed by atoms with E-state index in [1.165, 1.54) is 5.56 Å². The lowest BCUT2D eigenvalue weighted by atomic mass is 10.1. The van der Waals surface area contributed by atoms with Crippen LogP contribution < -0.4 is 0 Å². The van der Waals surface area contributed by atoms with Gasteiger partial charge in [-0.15, -0.1) is 0 Å². The van der Waals surface area contributed by atoms with Crippen LogP contribution in [0.2, 0.25) is 0 Å². The average Bonchev–Trinajstić information content (AvgIpc) is 2.32. The summed E-state index contributed by atoms with van der Waals surface area (Å²) in [4.78, 5) is 0. The van der Waals surface area contributed by atoms with E-state index in [1.54, 1.807) is 6.08 Å². The van der Waals surface area contributed by atoms with Gasteiger partial charge in [-0.1, -0.05) is 42.5 Å². The molecule has 3 nitrogen and oxygen atoms in total. The van der Waals surface area contributed by atoms with Gasteiger partial charge in [0.05, 0.1) is 12.9 Å². The number of allylic oxidation sites excluding steroid dienone is 1. The van der Waals surface area contributed by atoms with Crippen LogP contribution in [0.15, 0.2) is 42.5 Å². The summed E-state index contributed by atoms with van der Waals surface area (Å²) >= 11 is 0. The third-order valence-corrected chi connectivity index (χ3v) is 3.04. The Morgan fingerprint density at radius 3 is 2.50 bits per heavy atom. The first-order valence-corrected chi connectivity index (χ1v) is 7.93. The maximum absolute atomic E-state index is 10.7. The predicted molar refractivity (Wildman–Crippen MR) is 73.9 cm³/mol. The normalized spacial score (nSPS) is 12.1. The average molecular weight is 268 g/mol. The Balaban J connectivity index is 2.04. The second-order valence-electron chi connectivity index (χ2n) is 4.19. The Bertz CT molecular complexity index is 449. The quantitative estimate of drug-likeness (QED) is 0.413. The van der Waals surface area contributed by atoms with Crippen molar-refractivity contribution in [1.82, 2.24) is 0 Å². The fourth-order valence-corrected chi connectivity index (χ4v) is 1.91. The molecule has 0 saturated heterocycles. The van der Waals surface area contributed by atoms with Gasteiger partial charge in [0.1, 0.15) is 0 Å². The number of benzene rings is 1. The van der Waals surface area contributed by atoms with E-state index in [9.17, 15) is 8.42 Å². The molecule has 0 heterocycles. The zero-order chi connectivity index (χ0) is 13.3. The molecule has 0 atom stereocenters.